The number of halogens is 3. The molecule has 0 amide bonds. The molecular weight excluding hydrogens is 227 g/mol. The standard InChI is InChI=1S/C8H10F3N3O2/c9-8(10,11)6-1-2-7(14-13-6)12-3-5(16)4-15/h1-2,5,15-16H,3-4H2,(H,12,14). The number of hydrogen-bond donors (Lipinski definition) is 3. The van der Waals surface area contributed by atoms with Crippen LogP contribution in [0.25, 0.3) is 0 Å². The number of aliphatic hydroxyl groups excluding tert-OH is 2. The predicted octanol–water partition coefficient (Wildman–Crippen LogP) is 0.261. The van der Waals surface area contributed by atoms with Gasteiger partial charge in [0.1, 0.15) is 5.82 Å². The first-order valence-corrected chi connectivity index (χ1v) is 4.37. The second-order valence-electron chi connectivity index (χ2n) is 3.02. The van der Waals surface area contributed by atoms with Crippen LogP contribution in [0.4, 0.5) is 19.0 Å². The third kappa shape index (κ3) is 3.63. The number of nitrogens with zero attached hydrogens (tertiary/aromatic N) is 2. The van der Waals surface area contributed by atoms with Gasteiger partial charge < -0.3 is 15.5 Å². The monoisotopic (exact) mass is 237 g/mol. The summed E-state index contributed by atoms with van der Waals surface area (Å²) < 4.78 is 36.3. The van der Waals surface area contributed by atoms with Crippen LogP contribution in [0, 0.1) is 0 Å². The van der Waals surface area contributed by atoms with E-state index in [1.165, 1.54) is 0 Å². The van der Waals surface area contributed by atoms with Crippen molar-refractivity contribution in [1.29, 1.82) is 0 Å². The SMILES string of the molecule is OCC(O)CNc1ccc(C(F)(F)F)nn1. The van der Waals surface area contributed by atoms with Crippen molar-refractivity contribution in [1.82, 2.24) is 10.2 Å². The molecule has 5 nitrogen and oxygen atoms in total. The molecule has 1 unspecified atom stereocenters. The van der Waals surface area contributed by atoms with E-state index in [4.69, 9.17) is 10.2 Å². The Balaban J connectivity index is 2.58. The van der Waals surface area contributed by atoms with Crippen LogP contribution in [0.3, 0.4) is 0 Å². The van der Waals surface area contributed by atoms with Crippen molar-refractivity contribution >= 4 is 5.82 Å². The molecule has 8 heteroatoms. The minimum absolute atomic E-state index is 0.0173. The van der Waals surface area contributed by atoms with Crippen molar-refractivity contribution in [3.8, 4) is 0 Å². The summed E-state index contributed by atoms with van der Waals surface area (Å²) in [5, 5.41) is 26.2. The minimum Gasteiger partial charge on any atom is -0.394 e. The molecule has 0 fully saturated rings. The molecule has 0 radical (unpaired) electrons. The van der Waals surface area contributed by atoms with E-state index in [9.17, 15) is 13.2 Å². The van der Waals surface area contributed by atoms with Crippen LogP contribution in [0.2, 0.25) is 0 Å². The molecule has 90 valence electrons. The van der Waals surface area contributed by atoms with Gasteiger partial charge in [-0.1, -0.05) is 0 Å². The van der Waals surface area contributed by atoms with Crippen LogP contribution >= 0.6 is 0 Å². The zero-order valence-electron chi connectivity index (χ0n) is 8.07. The van der Waals surface area contributed by atoms with Gasteiger partial charge in [0, 0.05) is 6.54 Å². The van der Waals surface area contributed by atoms with Crippen LogP contribution in [0.15, 0.2) is 12.1 Å². The molecule has 0 bridgehead atoms. The second kappa shape index (κ2) is 5.08. The van der Waals surface area contributed by atoms with E-state index in [2.05, 4.69) is 15.5 Å². The molecule has 1 aromatic rings. The molecule has 1 aromatic heterocycles. The van der Waals surface area contributed by atoms with Gasteiger partial charge in [-0.05, 0) is 12.1 Å². The topological polar surface area (TPSA) is 78.3 Å². The molecule has 0 spiro atoms. The summed E-state index contributed by atoms with van der Waals surface area (Å²) >= 11 is 0. The highest BCUT2D eigenvalue weighted by atomic mass is 19.4. The Hall–Kier alpha value is -1.41. The Kier molecular flexibility index (Phi) is 4.02. The van der Waals surface area contributed by atoms with Crippen LogP contribution in [-0.4, -0.2) is 39.7 Å². The number of anilines is 1. The normalized spacial score (nSPS) is 13.6. The van der Waals surface area contributed by atoms with Crippen molar-refractivity contribution < 1.29 is 23.4 Å². The van der Waals surface area contributed by atoms with Gasteiger partial charge in [-0.25, -0.2) is 0 Å². The average molecular weight is 237 g/mol. The Morgan fingerprint density at radius 1 is 1.31 bits per heavy atom. The third-order valence-corrected chi connectivity index (χ3v) is 1.68. The van der Waals surface area contributed by atoms with Gasteiger partial charge in [0.05, 0.1) is 12.7 Å². The zero-order valence-corrected chi connectivity index (χ0v) is 8.07. The second-order valence-corrected chi connectivity index (χ2v) is 3.02. The molecule has 3 N–H and O–H groups in total. The Bertz CT molecular complexity index is 328. The van der Waals surface area contributed by atoms with Crippen LogP contribution in [0.5, 0.6) is 0 Å². The summed E-state index contributed by atoms with van der Waals surface area (Å²) in [6.45, 7) is -0.461. The van der Waals surface area contributed by atoms with E-state index in [1.54, 1.807) is 0 Å². The Morgan fingerprint density at radius 3 is 2.44 bits per heavy atom. The lowest BCUT2D eigenvalue weighted by Gasteiger charge is -2.09. The number of alkyl halides is 3. The number of hydrogen-bond acceptors (Lipinski definition) is 5. The first-order chi connectivity index (χ1) is 7.43. The van der Waals surface area contributed by atoms with E-state index >= 15 is 0 Å². The lowest BCUT2D eigenvalue weighted by molar-refractivity contribution is -0.141. The first-order valence-electron chi connectivity index (χ1n) is 4.37. The molecule has 1 atom stereocenters. The summed E-state index contributed by atoms with van der Waals surface area (Å²) in [7, 11) is 0. The number of aliphatic hydroxyl groups is 2. The number of nitrogens with one attached hydrogen (secondary N) is 1. The zero-order chi connectivity index (χ0) is 12.2. The van der Waals surface area contributed by atoms with Gasteiger partial charge in [-0.15, -0.1) is 10.2 Å². The smallest absolute Gasteiger partial charge is 0.394 e. The molecule has 0 aliphatic rings. The minimum atomic E-state index is -4.52. The highest BCUT2D eigenvalue weighted by Gasteiger charge is 2.32. The number of aromatic nitrogens is 2. The van der Waals surface area contributed by atoms with Crippen LogP contribution in [0.1, 0.15) is 5.69 Å². The maximum Gasteiger partial charge on any atom is 0.435 e. The number of rotatable bonds is 4. The third-order valence-electron chi connectivity index (χ3n) is 1.68. The lowest BCUT2D eigenvalue weighted by atomic mass is 10.3. The van der Waals surface area contributed by atoms with E-state index in [-0.39, 0.29) is 12.4 Å². The van der Waals surface area contributed by atoms with E-state index in [0.29, 0.717) is 0 Å². The highest BCUT2D eigenvalue weighted by molar-refractivity contribution is 5.33. The average Bonchev–Trinajstić information content (AvgIpc) is 2.25. The van der Waals surface area contributed by atoms with Crippen molar-refractivity contribution in [3.63, 3.8) is 0 Å². The van der Waals surface area contributed by atoms with Gasteiger partial charge in [-0.2, -0.15) is 13.2 Å². The van der Waals surface area contributed by atoms with Gasteiger partial charge in [0.15, 0.2) is 5.69 Å². The molecule has 0 saturated heterocycles. The Morgan fingerprint density at radius 2 is 2.00 bits per heavy atom. The van der Waals surface area contributed by atoms with Crippen molar-refractivity contribution in [2.75, 3.05) is 18.5 Å². The summed E-state index contributed by atoms with van der Waals surface area (Å²) in [5.74, 6) is 0.0977. The predicted molar refractivity (Wildman–Crippen MR) is 48.6 cm³/mol. The highest BCUT2D eigenvalue weighted by Crippen LogP contribution is 2.26. The van der Waals surface area contributed by atoms with Gasteiger partial charge >= 0.3 is 6.18 Å². The molecule has 1 heterocycles. The maximum atomic E-state index is 12.1. The molecule has 0 aliphatic heterocycles. The fraction of sp³-hybridized carbons (Fsp3) is 0.500. The lowest BCUT2D eigenvalue weighted by Crippen LogP contribution is -2.23. The van der Waals surface area contributed by atoms with Crippen molar-refractivity contribution in [3.05, 3.63) is 17.8 Å². The van der Waals surface area contributed by atoms with Crippen molar-refractivity contribution in [2.24, 2.45) is 0 Å². The quantitative estimate of drug-likeness (QED) is 0.700. The van der Waals surface area contributed by atoms with Gasteiger partial charge in [0.25, 0.3) is 0 Å². The van der Waals surface area contributed by atoms with E-state index < -0.39 is 24.6 Å². The molecule has 0 aliphatic carbocycles. The molecular formula is C8H10F3N3O2. The summed E-state index contributed by atoms with van der Waals surface area (Å²) in [6.07, 6.45) is -5.51. The summed E-state index contributed by atoms with van der Waals surface area (Å²) in [6, 6.07) is 1.88. The fourth-order valence-electron chi connectivity index (χ4n) is 0.865. The fourth-order valence-corrected chi connectivity index (χ4v) is 0.865. The van der Waals surface area contributed by atoms with Crippen molar-refractivity contribution in [2.45, 2.75) is 12.3 Å². The van der Waals surface area contributed by atoms with Crippen LogP contribution < -0.4 is 5.32 Å². The van der Waals surface area contributed by atoms with Crippen LogP contribution in [-0.2, 0) is 6.18 Å². The molecule has 0 saturated carbocycles. The molecule has 16 heavy (non-hydrogen) atoms. The van der Waals surface area contributed by atoms with Gasteiger partial charge in [0.2, 0.25) is 0 Å². The molecule has 1 rings (SSSR count). The van der Waals surface area contributed by atoms with Gasteiger partial charge in [-0.3, -0.25) is 0 Å². The summed E-state index contributed by atoms with van der Waals surface area (Å²) in [5.41, 5.74) is -1.08. The summed E-state index contributed by atoms with van der Waals surface area (Å²) in [4.78, 5) is 0. The van der Waals surface area contributed by atoms with E-state index in [0.717, 1.165) is 12.1 Å². The molecule has 0 aromatic carbocycles. The maximum absolute atomic E-state index is 12.1. The Labute approximate surface area is 88.9 Å². The van der Waals surface area contributed by atoms with E-state index in [1.807, 2.05) is 0 Å². The first kappa shape index (κ1) is 12.7. The largest absolute Gasteiger partial charge is 0.435 e.